The molecule has 1 aliphatic rings. The standard InChI is InChI=1S/C18H22N4O2S/c1-20-17(25)18(22-11-15(19)21-12-22)10-6-5-9-14(18)24-16(23)13-7-3-2-4-8-13/h2-4,7-8,11-12,14H,5-6,9-10,19H2,1H3,(H,20,25). The SMILES string of the molecule is CNC(=S)C1(n2cnc(N)c2)CCCCC1OC(=O)c1ccccc1. The molecule has 0 aliphatic heterocycles. The Morgan fingerprint density at radius 3 is 2.80 bits per heavy atom. The van der Waals surface area contributed by atoms with Crippen LogP contribution in [-0.4, -0.2) is 33.7 Å². The fraction of sp³-hybridized carbons (Fsp3) is 0.389. The number of hydrogen-bond donors (Lipinski definition) is 2. The molecule has 0 spiro atoms. The second kappa shape index (κ2) is 7.23. The Balaban J connectivity index is 1.96. The van der Waals surface area contributed by atoms with Gasteiger partial charge in [-0.1, -0.05) is 36.8 Å². The third-order valence-corrected chi connectivity index (χ3v) is 5.31. The van der Waals surface area contributed by atoms with Crippen molar-refractivity contribution in [2.45, 2.75) is 37.3 Å². The van der Waals surface area contributed by atoms with Gasteiger partial charge >= 0.3 is 5.97 Å². The van der Waals surface area contributed by atoms with E-state index in [1.807, 2.05) is 22.8 Å². The zero-order valence-electron chi connectivity index (χ0n) is 14.1. The predicted molar refractivity (Wildman–Crippen MR) is 100 cm³/mol. The van der Waals surface area contributed by atoms with E-state index >= 15 is 0 Å². The molecule has 0 bridgehead atoms. The Bertz CT molecular complexity index is 761. The summed E-state index contributed by atoms with van der Waals surface area (Å²) in [4.78, 5) is 17.4. The van der Waals surface area contributed by atoms with Crippen molar-refractivity contribution < 1.29 is 9.53 Å². The molecular formula is C18H22N4O2S. The summed E-state index contributed by atoms with van der Waals surface area (Å²) in [7, 11) is 1.79. The van der Waals surface area contributed by atoms with Crippen molar-refractivity contribution in [1.29, 1.82) is 0 Å². The van der Waals surface area contributed by atoms with Crippen LogP contribution in [0.2, 0.25) is 0 Å². The van der Waals surface area contributed by atoms with Crippen molar-refractivity contribution in [3.8, 4) is 0 Å². The van der Waals surface area contributed by atoms with E-state index in [1.54, 1.807) is 31.7 Å². The largest absolute Gasteiger partial charge is 0.456 e. The molecule has 132 valence electrons. The number of anilines is 1. The number of nitrogens with one attached hydrogen (secondary N) is 1. The van der Waals surface area contributed by atoms with E-state index in [0.29, 0.717) is 16.4 Å². The monoisotopic (exact) mass is 358 g/mol. The smallest absolute Gasteiger partial charge is 0.338 e. The number of thiocarbonyl (C=S) groups is 1. The number of imidazole rings is 1. The van der Waals surface area contributed by atoms with Crippen LogP contribution in [0.5, 0.6) is 0 Å². The Labute approximate surface area is 152 Å². The van der Waals surface area contributed by atoms with Crippen LogP contribution in [0.4, 0.5) is 5.82 Å². The van der Waals surface area contributed by atoms with Crippen molar-refractivity contribution >= 4 is 29.0 Å². The Hall–Kier alpha value is -2.41. The molecule has 1 heterocycles. The van der Waals surface area contributed by atoms with Gasteiger partial charge in [0, 0.05) is 13.2 Å². The van der Waals surface area contributed by atoms with Crippen molar-refractivity contribution in [2.24, 2.45) is 0 Å². The highest BCUT2D eigenvalue weighted by molar-refractivity contribution is 7.80. The molecule has 1 aliphatic carbocycles. The first kappa shape index (κ1) is 17.4. The fourth-order valence-electron chi connectivity index (χ4n) is 3.50. The van der Waals surface area contributed by atoms with E-state index in [2.05, 4.69) is 10.3 Å². The molecule has 0 amide bonds. The number of benzene rings is 1. The van der Waals surface area contributed by atoms with E-state index in [0.717, 1.165) is 25.7 Å². The first-order valence-corrected chi connectivity index (χ1v) is 8.77. The van der Waals surface area contributed by atoms with Crippen molar-refractivity contribution in [3.63, 3.8) is 0 Å². The first-order valence-electron chi connectivity index (χ1n) is 8.36. The normalized spacial score (nSPS) is 23.0. The molecule has 2 aromatic rings. The lowest BCUT2D eigenvalue weighted by Crippen LogP contribution is -2.57. The van der Waals surface area contributed by atoms with Gasteiger partial charge in [0.05, 0.1) is 11.9 Å². The summed E-state index contributed by atoms with van der Waals surface area (Å²) in [5.41, 5.74) is 5.68. The van der Waals surface area contributed by atoms with Crippen LogP contribution in [0.25, 0.3) is 0 Å². The van der Waals surface area contributed by atoms with Gasteiger partial charge in [-0.25, -0.2) is 9.78 Å². The number of nitrogens with two attached hydrogens (primary N) is 1. The summed E-state index contributed by atoms with van der Waals surface area (Å²) in [5.74, 6) is 0.0702. The van der Waals surface area contributed by atoms with Gasteiger partial charge in [0.1, 0.15) is 22.4 Å². The third-order valence-electron chi connectivity index (χ3n) is 4.75. The Morgan fingerprint density at radius 1 is 1.40 bits per heavy atom. The number of esters is 1. The zero-order chi connectivity index (χ0) is 17.9. The van der Waals surface area contributed by atoms with Crippen LogP contribution < -0.4 is 11.1 Å². The van der Waals surface area contributed by atoms with Crippen molar-refractivity contribution in [3.05, 3.63) is 48.4 Å². The van der Waals surface area contributed by atoms with Gasteiger partial charge in [0.25, 0.3) is 0 Å². The number of aromatic nitrogens is 2. The van der Waals surface area contributed by atoms with E-state index < -0.39 is 5.54 Å². The minimum atomic E-state index is -0.669. The second-order valence-corrected chi connectivity index (χ2v) is 6.62. The van der Waals surface area contributed by atoms with Gasteiger partial charge in [0.2, 0.25) is 0 Å². The molecule has 7 heteroatoms. The lowest BCUT2D eigenvalue weighted by atomic mass is 9.78. The van der Waals surface area contributed by atoms with Crippen LogP contribution in [-0.2, 0) is 10.3 Å². The fourth-order valence-corrected chi connectivity index (χ4v) is 3.84. The number of hydrogen-bond acceptors (Lipinski definition) is 5. The Kier molecular flexibility index (Phi) is 5.03. The Morgan fingerprint density at radius 2 is 2.16 bits per heavy atom. The first-order chi connectivity index (χ1) is 12.1. The highest BCUT2D eigenvalue weighted by Gasteiger charge is 2.48. The van der Waals surface area contributed by atoms with Crippen molar-refractivity contribution in [2.75, 3.05) is 12.8 Å². The maximum absolute atomic E-state index is 12.6. The molecular weight excluding hydrogens is 336 g/mol. The second-order valence-electron chi connectivity index (χ2n) is 6.21. The van der Waals surface area contributed by atoms with Crippen LogP contribution >= 0.6 is 12.2 Å². The lowest BCUT2D eigenvalue weighted by molar-refractivity contribution is -0.0112. The lowest BCUT2D eigenvalue weighted by Gasteiger charge is -2.44. The topological polar surface area (TPSA) is 82.2 Å². The highest BCUT2D eigenvalue weighted by Crippen LogP contribution is 2.39. The zero-order valence-corrected chi connectivity index (χ0v) is 15.0. The molecule has 0 radical (unpaired) electrons. The molecule has 1 fully saturated rings. The van der Waals surface area contributed by atoms with Crippen LogP contribution in [0.3, 0.4) is 0 Å². The molecule has 1 aromatic carbocycles. The van der Waals surface area contributed by atoms with Crippen LogP contribution in [0.15, 0.2) is 42.9 Å². The number of rotatable bonds is 4. The van der Waals surface area contributed by atoms with Gasteiger partial charge in [-0.2, -0.15) is 0 Å². The molecule has 1 aromatic heterocycles. The summed E-state index contributed by atoms with van der Waals surface area (Å²) < 4.78 is 7.82. The quantitative estimate of drug-likeness (QED) is 0.645. The molecule has 2 unspecified atom stereocenters. The summed E-state index contributed by atoms with van der Waals surface area (Å²) in [5, 5.41) is 3.08. The molecule has 1 saturated carbocycles. The highest BCUT2D eigenvalue weighted by atomic mass is 32.1. The number of ether oxygens (including phenoxy) is 1. The summed E-state index contributed by atoms with van der Waals surface area (Å²) >= 11 is 5.63. The molecule has 3 rings (SSSR count). The maximum atomic E-state index is 12.6. The van der Waals surface area contributed by atoms with Gasteiger partial charge in [-0.05, 0) is 31.4 Å². The number of carbonyl (C=O) groups is 1. The van der Waals surface area contributed by atoms with Gasteiger partial charge in [-0.15, -0.1) is 0 Å². The molecule has 2 atom stereocenters. The van der Waals surface area contributed by atoms with Crippen molar-refractivity contribution in [1.82, 2.24) is 14.9 Å². The third kappa shape index (κ3) is 3.24. The van der Waals surface area contributed by atoms with E-state index in [4.69, 9.17) is 22.7 Å². The average Bonchev–Trinajstić information content (AvgIpc) is 3.09. The number of likely N-dealkylation sites (N-methyl/N-ethyl adjacent to an activating group) is 1. The number of nitrogens with zero attached hydrogens (tertiary/aromatic N) is 2. The van der Waals surface area contributed by atoms with E-state index in [9.17, 15) is 4.79 Å². The summed E-state index contributed by atoms with van der Waals surface area (Å²) in [6, 6.07) is 9.00. The minimum absolute atomic E-state index is 0.344. The number of carbonyl (C=O) groups excluding carboxylic acids is 1. The minimum Gasteiger partial charge on any atom is -0.456 e. The predicted octanol–water partition coefficient (Wildman–Crippen LogP) is 2.51. The average molecular weight is 358 g/mol. The van der Waals surface area contributed by atoms with E-state index in [-0.39, 0.29) is 12.1 Å². The summed E-state index contributed by atoms with van der Waals surface area (Å²) in [6.07, 6.45) is 6.48. The number of nitrogen functional groups attached to an aromatic ring is 1. The molecule has 3 N–H and O–H groups in total. The van der Waals surface area contributed by atoms with Gasteiger partial charge in [0.15, 0.2) is 0 Å². The van der Waals surface area contributed by atoms with Crippen LogP contribution in [0.1, 0.15) is 36.0 Å². The summed E-state index contributed by atoms with van der Waals surface area (Å²) in [6.45, 7) is 0. The van der Waals surface area contributed by atoms with Crippen LogP contribution in [0, 0.1) is 0 Å². The maximum Gasteiger partial charge on any atom is 0.338 e. The molecule has 25 heavy (non-hydrogen) atoms. The van der Waals surface area contributed by atoms with E-state index in [1.165, 1.54) is 0 Å². The van der Waals surface area contributed by atoms with Gasteiger partial charge in [-0.3, -0.25) is 0 Å². The van der Waals surface area contributed by atoms with Gasteiger partial charge < -0.3 is 20.4 Å². The molecule has 0 saturated heterocycles. The molecule has 6 nitrogen and oxygen atoms in total.